The van der Waals surface area contributed by atoms with Gasteiger partial charge in [-0.05, 0) is 31.0 Å². The number of pyridine rings is 2. The minimum Gasteiger partial charge on any atom is -0.481 e. The number of hydrogen-bond donors (Lipinski definition) is 1. The Balaban J connectivity index is 1.46. The summed E-state index contributed by atoms with van der Waals surface area (Å²) in [6.07, 6.45) is 9.65. The molecule has 0 aromatic carbocycles. The van der Waals surface area contributed by atoms with Crippen molar-refractivity contribution in [3.05, 3.63) is 60.6 Å². The van der Waals surface area contributed by atoms with Crippen LogP contribution < -0.4 is 15.0 Å². The number of nitrogens with one attached hydrogen (secondary N) is 1. The van der Waals surface area contributed by atoms with Crippen LogP contribution in [0, 0.1) is 5.82 Å². The maximum Gasteiger partial charge on any atom is 0.222 e. The summed E-state index contributed by atoms with van der Waals surface area (Å²) in [6, 6.07) is 6.42. The van der Waals surface area contributed by atoms with Gasteiger partial charge in [-0.1, -0.05) is 6.42 Å². The summed E-state index contributed by atoms with van der Waals surface area (Å²) in [5.74, 6) is 0.569. The number of anilines is 3. The average Bonchev–Trinajstić information content (AvgIpc) is 2.76. The van der Waals surface area contributed by atoms with E-state index in [1.54, 1.807) is 36.8 Å². The van der Waals surface area contributed by atoms with E-state index >= 15 is 0 Å². The summed E-state index contributed by atoms with van der Waals surface area (Å²) in [4.78, 5) is 29.9. The number of methoxy groups -OCH3 is 1. The Morgan fingerprint density at radius 2 is 1.90 bits per heavy atom. The summed E-state index contributed by atoms with van der Waals surface area (Å²) in [7, 11) is 1.52. The van der Waals surface area contributed by atoms with Crippen LogP contribution in [0.1, 0.15) is 25.0 Å². The van der Waals surface area contributed by atoms with Crippen molar-refractivity contribution in [2.75, 3.05) is 23.9 Å². The zero-order chi connectivity index (χ0) is 21.0. The largest absolute Gasteiger partial charge is 0.481 e. The first-order valence-corrected chi connectivity index (χ1v) is 9.57. The number of hydrogen-bond acceptors (Lipinski definition) is 7. The molecule has 30 heavy (non-hydrogen) atoms. The van der Waals surface area contributed by atoms with Crippen LogP contribution in [0.5, 0.6) is 5.88 Å². The van der Waals surface area contributed by atoms with Crippen molar-refractivity contribution in [2.24, 2.45) is 0 Å². The molecule has 154 valence electrons. The van der Waals surface area contributed by atoms with Crippen LogP contribution in [0.3, 0.4) is 0 Å². The van der Waals surface area contributed by atoms with E-state index in [4.69, 9.17) is 4.74 Å². The first kappa shape index (κ1) is 19.7. The second-order valence-electron chi connectivity index (χ2n) is 7.12. The lowest BCUT2D eigenvalue weighted by Gasteiger charge is -2.41. The molecule has 1 fully saturated rings. The van der Waals surface area contributed by atoms with Crippen molar-refractivity contribution < 1.29 is 13.9 Å². The highest BCUT2D eigenvalue weighted by Gasteiger charge is 2.41. The van der Waals surface area contributed by atoms with Crippen molar-refractivity contribution in [2.45, 2.75) is 24.7 Å². The first-order valence-electron chi connectivity index (χ1n) is 9.57. The lowest BCUT2D eigenvalue weighted by Crippen LogP contribution is -2.42. The predicted molar refractivity (Wildman–Crippen MR) is 109 cm³/mol. The molecule has 0 bridgehead atoms. The topological polar surface area (TPSA) is 93.1 Å². The van der Waals surface area contributed by atoms with Gasteiger partial charge in [0.1, 0.15) is 5.82 Å². The predicted octanol–water partition coefficient (Wildman–Crippen LogP) is 3.24. The van der Waals surface area contributed by atoms with E-state index in [1.165, 1.54) is 24.3 Å². The van der Waals surface area contributed by atoms with Gasteiger partial charge in [0.2, 0.25) is 18.2 Å². The zero-order valence-corrected chi connectivity index (χ0v) is 16.5. The molecule has 1 aliphatic rings. The van der Waals surface area contributed by atoms with Crippen LogP contribution in [-0.4, -0.2) is 40.0 Å². The standard InChI is InChI=1S/C21H21FN6O2/c1-30-18-6-5-15(10-24-18)28(14-29)16-11-25-20(26-12-16)27-13-21(7-3-8-21)19-17(22)4-2-9-23-19/h2,4-6,9-12,14H,3,7-8,13H2,1H3,(H,25,26,27). The molecule has 1 saturated carbocycles. The molecule has 0 spiro atoms. The molecule has 8 nitrogen and oxygen atoms in total. The molecule has 3 heterocycles. The van der Waals surface area contributed by atoms with E-state index in [0.717, 1.165) is 19.3 Å². The Morgan fingerprint density at radius 1 is 1.13 bits per heavy atom. The molecule has 0 aliphatic heterocycles. The highest BCUT2D eigenvalue weighted by atomic mass is 19.1. The highest BCUT2D eigenvalue weighted by molar-refractivity contribution is 5.85. The molecular weight excluding hydrogens is 387 g/mol. The van der Waals surface area contributed by atoms with Crippen LogP contribution in [0.4, 0.5) is 21.7 Å². The van der Waals surface area contributed by atoms with Gasteiger partial charge >= 0.3 is 0 Å². The second kappa shape index (κ2) is 8.40. The Morgan fingerprint density at radius 3 is 2.47 bits per heavy atom. The number of amides is 1. The Kier molecular flexibility index (Phi) is 5.51. The number of aromatic nitrogens is 4. The smallest absolute Gasteiger partial charge is 0.222 e. The third-order valence-electron chi connectivity index (χ3n) is 5.39. The van der Waals surface area contributed by atoms with E-state index in [0.29, 0.717) is 41.9 Å². The van der Waals surface area contributed by atoms with Gasteiger partial charge in [0.15, 0.2) is 0 Å². The van der Waals surface area contributed by atoms with Crippen LogP contribution >= 0.6 is 0 Å². The summed E-state index contributed by atoms with van der Waals surface area (Å²) < 4.78 is 19.3. The van der Waals surface area contributed by atoms with Gasteiger partial charge in [0.05, 0.1) is 42.8 Å². The molecule has 3 aromatic heterocycles. The van der Waals surface area contributed by atoms with Gasteiger partial charge in [0.25, 0.3) is 0 Å². The molecule has 1 amide bonds. The van der Waals surface area contributed by atoms with E-state index in [9.17, 15) is 9.18 Å². The fourth-order valence-corrected chi connectivity index (χ4v) is 3.57. The number of ether oxygens (including phenoxy) is 1. The van der Waals surface area contributed by atoms with Crippen molar-refractivity contribution in [3.8, 4) is 5.88 Å². The van der Waals surface area contributed by atoms with Crippen molar-refractivity contribution in [1.82, 2.24) is 19.9 Å². The van der Waals surface area contributed by atoms with Gasteiger partial charge in [0, 0.05) is 24.2 Å². The molecular formula is C21H21FN6O2. The monoisotopic (exact) mass is 408 g/mol. The lowest BCUT2D eigenvalue weighted by atomic mass is 9.66. The fourth-order valence-electron chi connectivity index (χ4n) is 3.57. The van der Waals surface area contributed by atoms with Crippen molar-refractivity contribution in [1.29, 1.82) is 0 Å². The minimum absolute atomic E-state index is 0.287. The van der Waals surface area contributed by atoms with E-state index in [1.807, 2.05) is 0 Å². The highest BCUT2D eigenvalue weighted by Crippen LogP contribution is 2.43. The maximum absolute atomic E-state index is 14.2. The molecule has 3 aromatic rings. The Labute approximate surface area is 173 Å². The van der Waals surface area contributed by atoms with Crippen LogP contribution in [0.15, 0.2) is 49.1 Å². The van der Waals surface area contributed by atoms with Gasteiger partial charge in [-0.3, -0.25) is 14.7 Å². The molecule has 4 rings (SSSR count). The Bertz CT molecular complexity index is 1010. The van der Waals surface area contributed by atoms with E-state index in [-0.39, 0.29) is 11.2 Å². The number of carbonyl (C=O) groups is 1. The van der Waals surface area contributed by atoms with Crippen LogP contribution in [0.25, 0.3) is 0 Å². The molecule has 0 saturated heterocycles. The first-order chi connectivity index (χ1) is 14.6. The Hall–Kier alpha value is -3.62. The number of carbonyl (C=O) groups excluding carboxylic acids is 1. The lowest BCUT2D eigenvalue weighted by molar-refractivity contribution is -0.106. The summed E-state index contributed by atoms with van der Waals surface area (Å²) >= 11 is 0. The normalized spacial score (nSPS) is 14.5. The minimum atomic E-state index is -0.350. The van der Waals surface area contributed by atoms with Gasteiger partial charge in [-0.2, -0.15) is 0 Å². The molecule has 0 radical (unpaired) electrons. The molecule has 1 N–H and O–H groups in total. The number of nitrogens with zero attached hydrogens (tertiary/aromatic N) is 5. The number of halogens is 1. The quantitative estimate of drug-likeness (QED) is 0.572. The van der Waals surface area contributed by atoms with Gasteiger partial charge in [-0.25, -0.2) is 19.3 Å². The van der Waals surface area contributed by atoms with Gasteiger partial charge < -0.3 is 10.1 Å². The zero-order valence-electron chi connectivity index (χ0n) is 16.5. The summed E-state index contributed by atoms with van der Waals surface area (Å²) in [6.45, 7) is 0.486. The number of rotatable bonds is 8. The molecule has 1 aliphatic carbocycles. The van der Waals surface area contributed by atoms with E-state index < -0.39 is 0 Å². The van der Waals surface area contributed by atoms with E-state index in [2.05, 4.69) is 25.3 Å². The maximum atomic E-state index is 14.2. The second-order valence-corrected chi connectivity index (χ2v) is 7.12. The van der Waals surface area contributed by atoms with Crippen LogP contribution in [-0.2, 0) is 10.2 Å². The third-order valence-corrected chi connectivity index (χ3v) is 5.39. The molecule has 0 unspecified atom stereocenters. The fraction of sp³-hybridized carbons (Fsp3) is 0.286. The molecule has 0 atom stereocenters. The van der Waals surface area contributed by atoms with Gasteiger partial charge in [-0.15, -0.1) is 0 Å². The SMILES string of the molecule is COc1ccc(N(C=O)c2cnc(NCC3(c4ncccc4F)CCC3)nc2)cn1. The van der Waals surface area contributed by atoms with Crippen molar-refractivity contribution in [3.63, 3.8) is 0 Å². The summed E-state index contributed by atoms with van der Waals surface area (Å²) in [5.41, 5.74) is 1.20. The molecule has 9 heteroatoms. The van der Waals surface area contributed by atoms with Crippen molar-refractivity contribution >= 4 is 23.7 Å². The average molecular weight is 408 g/mol. The summed E-state index contributed by atoms with van der Waals surface area (Å²) in [5, 5.41) is 3.19. The van der Waals surface area contributed by atoms with Crippen LogP contribution in [0.2, 0.25) is 0 Å². The third kappa shape index (κ3) is 3.78.